The van der Waals surface area contributed by atoms with Gasteiger partial charge in [-0.2, -0.15) is 0 Å². The molecule has 0 atom stereocenters. The Kier molecular flexibility index (Phi) is 6.81. The number of hydrogen-bond acceptors (Lipinski definition) is 3. The van der Waals surface area contributed by atoms with Crippen LogP contribution < -0.4 is 0 Å². The highest BCUT2D eigenvalue weighted by atomic mass is 16.3. The van der Waals surface area contributed by atoms with Crippen LogP contribution in [0.3, 0.4) is 0 Å². The molecule has 0 amide bonds. The number of rotatable bonds is 5. The monoisotopic (exact) mass is 650 g/mol. The van der Waals surface area contributed by atoms with Gasteiger partial charge in [0.25, 0.3) is 0 Å². The van der Waals surface area contributed by atoms with E-state index < -0.39 is 0 Å². The molecule has 2 aromatic heterocycles. The van der Waals surface area contributed by atoms with Crippen molar-refractivity contribution in [3.63, 3.8) is 0 Å². The van der Waals surface area contributed by atoms with E-state index in [1.807, 2.05) is 36.4 Å². The van der Waals surface area contributed by atoms with Crippen LogP contribution >= 0.6 is 0 Å². The summed E-state index contributed by atoms with van der Waals surface area (Å²) in [5, 5.41) is 6.89. The van der Waals surface area contributed by atoms with Gasteiger partial charge in [0.15, 0.2) is 5.82 Å². The molecule has 238 valence electrons. The minimum absolute atomic E-state index is 0.685. The van der Waals surface area contributed by atoms with Crippen molar-refractivity contribution in [3.8, 4) is 56.2 Å². The van der Waals surface area contributed by atoms with Crippen LogP contribution in [0.2, 0.25) is 0 Å². The zero-order valence-electron chi connectivity index (χ0n) is 27.6. The largest absolute Gasteiger partial charge is 0.455 e. The van der Waals surface area contributed by atoms with E-state index in [1.54, 1.807) is 0 Å². The second-order valence-electron chi connectivity index (χ2n) is 12.9. The van der Waals surface area contributed by atoms with Crippen molar-refractivity contribution in [2.24, 2.45) is 0 Å². The van der Waals surface area contributed by atoms with Crippen LogP contribution in [0.25, 0.3) is 99.6 Å². The summed E-state index contributed by atoms with van der Waals surface area (Å²) in [5.74, 6) is 0.685. The minimum atomic E-state index is 0.685. The summed E-state index contributed by atoms with van der Waals surface area (Å²) in [5.41, 5.74) is 10.9. The van der Waals surface area contributed by atoms with Crippen LogP contribution in [0.15, 0.2) is 186 Å². The van der Waals surface area contributed by atoms with Gasteiger partial charge in [0, 0.05) is 33.0 Å². The maximum Gasteiger partial charge on any atom is 0.160 e. The normalized spacial score (nSPS) is 11.5. The number of aromatic nitrogens is 2. The Hall–Kier alpha value is -6.84. The fraction of sp³-hybridized carbons (Fsp3) is 0. The van der Waals surface area contributed by atoms with Gasteiger partial charge < -0.3 is 4.42 Å². The SMILES string of the molecule is c1ccc(-c2cc(-c3cccc4oc5c(-c6cccc7ccccc67)cc(-c6cccc7ccccc67)cc5c34)nc(-c3ccccc3)n2)cc1. The molecule has 0 fully saturated rings. The molecule has 8 aromatic carbocycles. The molecule has 0 aliphatic heterocycles. The van der Waals surface area contributed by atoms with Gasteiger partial charge in [0.2, 0.25) is 0 Å². The van der Waals surface area contributed by atoms with Crippen LogP contribution in [-0.4, -0.2) is 9.97 Å². The molecular weight excluding hydrogens is 621 g/mol. The van der Waals surface area contributed by atoms with Crippen LogP contribution in [0, 0.1) is 0 Å². The van der Waals surface area contributed by atoms with Gasteiger partial charge in [-0.25, -0.2) is 9.97 Å². The van der Waals surface area contributed by atoms with Crippen LogP contribution in [0.1, 0.15) is 0 Å². The Labute approximate surface area is 295 Å². The summed E-state index contributed by atoms with van der Waals surface area (Å²) in [6.07, 6.45) is 0. The van der Waals surface area contributed by atoms with E-state index >= 15 is 0 Å². The molecule has 51 heavy (non-hydrogen) atoms. The summed E-state index contributed by atoms with van der Waals surface area (Å²) in [6, 6.07) is 63.8. The third-order valence-electron chi connectivity index (χ3n) is 9.88. The van der Waals surface area contributed by atoms with Crippen LogP contribution in [0.4, 0.5) is 0 Å². The van der Waals surface area contributed by atoms with Gasteiger partial charge in [-0.15, -0.1) is 0 Å². The van der Waals surface area contributed by atoms with E-state index in [0.29, 0.717) is 5.82 Å². The van der Waals surface area contributed by atoms with Crippen molar-refractivity contribution in [2.75, 3.05) is 0 Å². The molecule has 10 aromatic rings. The van der Waals surface area contributed by atoms with Gasteiger partial charge in [0.1, 0.15) is 11.2 Å². The van der Waals surface area contributed by atoms with E-state index in [-0.39, 0.29) is 0 Å². The lowest BCUT2D eigenvalue weighted by Crippen LogP contribution is -1.96. The molecule has 10 rings (SSSR count). The van der Waals surface area contributed by atoms with Crippen molar-refractivity contribution in [2.45, 2.75) is 0 Å². The maximum atomic E-state index is 6.91. The Morgan fingerprint density at radius 2 is 0.922 bits per heavy atom. The molecule has 0 radical (unpaired) electrons. The summed E-state index contributed by atoms with van der Waals surface area (Å²) >= 11 is 0. The van der Waals surface area contributed by atoms with E-state index in [9.17, 15) is 0 Å². The smallest absolute Gasteiger partial charge is 0.160 e. The van der Waals surface area contributed by atoms with Gasteiger partial charge in [0.05, 0.1) is 11.4 Å². The fourth-order valence-corrected chi connectivity index (χ4v) is 7.49. The van der Waals surface area contributed by atoms with E-state index in [4.69, 9.17) is 14.4 Å². The van der Waals surface area contributed by atoms with Crippen molar-refractivity contribution in [3.05, 3.63) is 182 Å². The molecule has 0 unspecified atom stereocenters. The molecule has 3 heteroatoms. The first-order chi connectivity index (χ1) is 25.3. The third kappa shape index (κ3) is 4.98. The summed E-state index contributed by atoms with van der Waals surface area (Å²) in [4.78, 5) is 10.3. The molecule has 2 heterocycles. The minimum Gasteiger partial charge on any atom is -0.455 e. The second-order valence-corrected chi connectivity index (χ2v) is 12.9. The molecule has 0 saturated heterocycles. The molecule has 0 spiro atoms. The highest BCUT2D eigenvalue weighted by molar-refractivity contribution is 6.18. The van der Waals surface area contributed by atoms with E-state index in [0.717, 1.165) is 66.7 Å². The third-order valence-corrected chi connectivity index (χ3v) is 9.88. The van der Waals surface area contributed by atoms with Crippen molar-refractivity contribution in [1.29, 1.82) is 0 Å². The van der Waals surface area contributed by atoms with Gasteiger partial charge in [-0.1, -0.05) is 158 Å². The summed E-state index contributed by atoms with van der Waals surface area (Å²) < 4.78 is 6.91. The lowest BCUT2D eigenvalue weighted by atomic mass is 9.90. The number of fused-ring (bicyclic) bond motifs is 5. The average Bonchev–Trinajstić information content (AvgIpc) is 3.59. The van der Waals surface area contributed by atoms with Crippen molar-refractivity contribution < 1.29 is 4.42 Å². The van der Waals surface area contributed by atoms with Gasteiger partial charge in [-0.05, 0) is 62.5 Å². The molecule has 3 nitrogen and oxygen atoms in total. The number of nitrogens with zero attached hydrogens (tertiary/aromatic N) is 2. The Morgan fingerprint density at radius 3 is 1.67 bits per heavy atom. The van der Waals surface area contributed by atoms with E-state index in [1.165, 1.54) is 27.1 Å². The molecule has 0 bridgehead atoms. The number of benzene rings is 8. The average molecular weight is 651 g/mol. The fourth-order valence-electron chi connectivity index (χ4n) is 7.49. The van der Waals surface area contributed by atoms with Gasteiger partial charge >= 0.3 is 0 Å². The standard InChI is InChI=1S/C48H30N2O/c1-3-16-33(17-4-1)43-30-44(50-48(49-43)34-18-5-2-6-19-34)40-26-13-27-45-46(40)42-29-35(38-24-11-20-31-14-7-9-22-36(31)38)28-41(47(42)51-45)39-25-12-21-32-15-8-10-23-37(32)39/h1-30H. The van der Waals surface area contributed by atoms with Crippen LogP contribution in [-0.2, 0) is 0 Å². The Bertz CT molecular complexity index is 2840. The maximum absolute atomic E-state index is 6.91. The first kappa shape index (κ1) is 29.1. The molecule has 0 saturated carbocycles. The lowest BCUT2D eigenvalue weighted by molar-refractivity contribution is 0.670. The topological polar surface area (TPSA) is 38.9 Å². The highest BCUT2D eigenvalue weighted by Gasteiger charge is 2.21. The van der Waals surface area contributed by atoms with E-state index in [2.05, 4.69) is 146 Å². The second kappa shape index (κ2) is 11.9. The molecule has 0 aliphatic rings. The summed E-state index contributed by atoms with van der Waals surface area (Å²) in [6.45, 7) is 0. The molecular formula is C48H30N2O. The number of furan rings is 1. The number of hydrogen-bond donors (Lipinski definition) is 0. The first-order valence-corrected chi connectivity index (χ1v) is 17.2. The quantitative estimate of drug-likeness (QED) is 0.186. The first-order valence-electron chi connectivity index (χ1n) is 17.2. The van der Waals surface area contributed by atoms with Crippen molar-refractivity contribution >= 4 is 43.5 Å². The predicted molar refractivity (Wildman–Crippen MR) is 212 cm³/mol. The molecule has 0 N–H and O–H groups in total. The highest BCUT2D eigenvalue weighted by Crippen LogP contribution is 2.45. The predicted octanol–water partition coefficient (Wildman–Crippen LogP) is 13.0. The van der Waals surface area contributed by atoms with Crippen LogP contribution in [0.5, 0.6) is 0 Å². The zero-order valence-corrected chi connectivity index (χ0v) is 27.6. The lowest BCUT2D eigenvalue weighted by Gasteiger charge is -2.13. The Balaban J connectivity index is 1.30. The van der Waals surface area contributed by atoms with Crippen molar-refractivity contribution in [1.82, 2.24) is 9.97 Å². The Morgan fingerprint density at radius 1 is 0.353 bits per heavy atom. The zero-order chi connectivity index (χ0) is 33.7. The molecule has 0 aliphatic carbocycles. The van der Waals surface area contributed by atoms with Gasteiger partial charge in [-0.3, -0.25) is 0 Å². The summed E-state index contributed by atoms with van der Waals surface area (Å²) in [7, 11) is 0.